The second-order valence-corrected chi connectivity index (χ2v) is 7.29. The predicted octanol–water partition coefficient (Wildman–Crippen LogP) is 5.06. The summed E-state index contributed by atoms with van der Waals surface area (Å²) in [6.07, 6.45) is 1.87. The number of hydrogen-bond acceptors (Lipinski definition) is 1. The van der Waals surface area contributed by atoms with Gasteiger partial charge in [-0.25, -0.2) is 4.79 Å². The van der Waals surface area contributed by atoms with E-state index in [0.29, 0.717) is 6.54 Å². The summed E-state index contributed by atoms with van der Waals surface area (Å²) in [5.74, 6) is 0. The molecule has 0 saturated heterocycles. The lowest BCUT2D eigenvalue weighted by Crippen LogP contribution is -2.46. The minimum Gasteiger partial charge on any atom is -0.338 e. The molecular weight excluding hydrogens is 320 g/mol. The Bertz CT molecular complexity index is 760. The number of benzene rings is 2. The molecule has 0 fully saturated rings. The van der Waals surface area contributed by atoms with Gasteiger partial charge in [-0.05, 0) is 61.9 Å². The van der Waals surface area contributed by atoms with Crippen molar-refractivity contribution in [3.05, 3.63) is 77.4 Å². The lowest BCUT2D eigenvalue weighted by Gasteiger charge is -2.27. The van der Waals surface area contributed by atoms with E-state index in [4.69, 9.17) is 0 Å². The molecule has 0 heterocycles. The van der Waals surface area contributed by atoms with Crippen LogP contribution < -0.4 is 10.6 Å². The van der Waals surface area contributed by atoms with Crippen LogP contribution in [0.3, 0.4) is 0 Å². The van der Waals surface area contributed by atoms with Gasteiger partial charge in [-0.2, -0.15) is 0 Å². The minimum absolute atomic E-state index is 0.152. The summed E-state index contributed by atoms with van der Waals surface area (Å²) < 4.78 is 0. The van der Waals surface area contributed by atoms with Crippen molar-refractivity contribution in [3.8, 4) is 0 Å². The summed E-state index contributed by atoms with van der Waals surface area (Å²) in [6.45, 7) is 12.7. The molecule has 0 spiro atoms. The molecule has 0 aliphatic heterocycles. The smallest absolute Gasteiger partial charge is 0.315 e. The van der Waals surface area contributed by atoms with Crippen LogP contribution in [0, 0.1) is 0 Å². The standard InChI is InChI=1S/C23H30N2O/c1-6-18-10-12-19(13-11-18)14-15-24-22(26)25-23(4,5)21-9-7-8-20(16-21)17(2)3/h7-13,16H,2,6,14-15H2,1,3-5H3,(H2,24,25,26). The van der Waals surface area contributed by atoms with Crippen molar-refractivity contribution in [2.24, 2.45) is 0 Å². The third-order valence-corrected chi connectivity index (χ3v) is 4.63. The lowest BCUT2D eigenvalue weighted by atomic mass is 9.92. The molecule has 0 unspecified atom stereocenters. The highest BCUT2D eigenvalue weighted by atomic mass is 16.2. The summed E-state index contributed by atoms with van der Waals surface area (Å²) in [4.78, 5) is 12.3. The van der Waals surface area contributed by atoms with Gasteiger partial charge in [0.15, 0.2) is 0 Å². The fourth-order valence-corrected chi connectivity index (χ4v) is 2.84. The van der Waals surface area contributed by atoms with Gasteiger partial charge in [-0.15, -0.1) is 0 Å². The molecule has 2 aromatic rings. The molecule has 2 amide bonds. The number of carbonyl (C=O) groups is 1. The highest BCUT2D eigenvalue weighted by Gasteiger charge is 2.23. The van der Waals surface area contributed by atoms with Crippen LogP contribution in [0.4, 0.5) is 4.79 Å². The van der Waals surface area contributed by atoms with E-state index in [1.807, 2.05) is 39.0 Å². The SMILES string of the molecule is C=C(C)c1cccc(C(C)(C)NC(=O)NCCc2ccc(CC)cc2)c1. The molecule has 0 aromatic heterocycles. The van der Waals surface area contributed by atoms with Crippen LogP contribution in [0.5, 0.6) is 0 Å². The largest absolute Gasteiger partial charge is 0.338 e. The summed E-state index contributed by atoms with van der Waals surface area (Å²) >= 11 is 0. The molecule has 138 valence electrons. The van der Waals surface area contributed by atoms with Crippen LogP contribution in [0.2, 0.25) is 0 Å². The van der Waals surface area contributed by atoms with Gasteiger partial charge in [0.25, 0.3) is 0 Å². The molecule has 3 heteroatoms. The molecule has 26 heavy (non-hydrogen) atoms. The average molecular weight is 351 g/mol. The van der Waals surface area contributed by atoms with Gasteiger partial charge >= 0.3 is 6.03 Å². The second-order valence-electron chi connectivity index (χ2n) is 7.29. The Labute approximate surface area is 157 Å². The zero-order valence-corrected chi connectivity index (χ0v) is 16.4. The van der Waals surface area contributed by atoms with Crippen molar-refractivity contribution in [2.45, 2.75) is 46.1 Å². The first kappa shape index (κ1) is 19.8. The van der Waals surface area contributed by atoms with Gasteiger partial charge < -0.3 is 10.6 Å². The van der Waals surface area contributed by atoms with Crippen LogP contribution in [0.1, 0.15) is 49.9 Å². The highest BCUT2D eigenvalue weighted by molar-refractivity contribution is 5.75. The molecule has 0 radical (unpaired) electrons. The van der Waals surface area contributed by atoms with Gasteiger partial charge in [-0.1, -0.05) is 61.5 Å². The van der Waals surface area contributed by atoms with Crippen molar-refractivity contribution in [1.29, 1.82) is 0 Å². The molecule has 2 aromatic carbocycles. The Morgan fingerprint density at radius 1 is 1.08 bits per heavy atom. The fourth-order valence-electron chi connectivity index (χ4n) is 2.84. The Balaban J connectivity index is 1.89. The average Bonchev–Trinajstić information content (AvgIpc) is 2.62. The number of hydrogen-bond donors (Lipinski definition) is 2. The number of nitrogens with one attached hydrogen (secondary N) is 2. The zero-order chi connectivity index (χ0) is 19.2. The van der Waals surface area contributed by atoms with E-state index in [0.717, 1.165) is 29.5 Å². The summed E-state index contributed by atoms with van der Waals surface area (Å²) in [5, 5.41) is 6.02. The molecule has 0 saturated carbocycles. The zero-order valence-electron chi connectivity index (χ0n) is 16.4. The molecule has 2 rings (SSSR count). The number of amides is 2. The van der Waals surface area contributed by atoms with E-state index in [2.05, 4.69) is 54.5 Å². The minimum atomic E-state index is -0.460. The predicted molar refractivity (Wildman–Crippen MR) is 110 cm³/mol. The van der Waals surface area contributed by atoms with Gasteiger partial charge in [0.1, 0.15) is 0 Å². The van der Waals surface area contributed by atoms with E-state index in [-0.39, 0.29) is 6.03 Å². The van der Waals surface area contributed by atoms with Gasteiger partial charge in [-0.3, -0.25) is 0 Å². The van der Waals surface area contributed by atoms with E-state index in [9.17, 15) is 4.79 Å². The highest BCUT2D eigenvalue weighted by Crippen LogP contribution is 2.23. The molecule has 2 N–H and O–H groups in total. The molecule has 0 bridgehead atoms. The van der Waals surface area contributed by atoms with Crippen molar-refractivity contribution in [3.63, 3.8) is 0 Å². The number of aryl methyl sites for hydroxylation is 1. The molecule has 0 atom stereocenters. The Morgan fingerprint density at radius 3 is 2.35 bits per heavy atom. The maximum atomic E-state index is 12.3. The fraction of sp³-hybridized carbons (Fsp3) is 0.348. The first-order chi connectivity index (χ1) is 12.3. The maximum Gasteiger partial charge on any atom is 0.315 e. The number of rotatable bonds is 7. The van der Waals surface area contributed by atoms with Gasteiger partial charge in [0, 0.05) is 6.54 Å². The topological polar surface area (TPSA) is 41.1 Å². The Kier molecular flexibility index (Phi) is 6.62. The molecule has 0 aliphatic carbocycles. The molecule has 0 aliphatic rings. The third-order valence-electron chi connectivity index (χ3n) is 4.63. The van der Waals surface area contributed by atoms with Crippen LogP contribution in [0.15, 0.2) is 55.1 Å². The summed E-state index contributed by atoms with van der Waals surface area (Å²) in [6, 6.07) is 16.5. The lowest BCUT2D eigenvalue weighted by molar-refractivity contribution is 0.230. The van der Waals surface area contributed by atoms with E-state index in [1.165, 1.54) is 11.1 Å². The quantitative estimate of drug-likeness (QED) is 0.720. The van der Waals surface area contributed by atoms with Crippen LogP contribution >= 0.6 is 0 Å². The molecule has 3 nitrogen and oxygen atoms in total. The first-order valence-corrected chi connectivity index (χ1v) is 9.22. The van der Waals surface area contributed by atoms with Crippen molar-refractivity contribution >= 4 is 11.6 Å². The van der Waals surface area contributed by atoms with Crippen molar-refractivity contribution < 1.29 is 4.79 Å². The summed E-state index contributed by atoms with van der Waals surface area (Å²) in [7, 11) is 0. The molecular formula is C23H30N2O. The van der Waals surface area contributed by atoms with Crippen molar-refractivity contribution in [1.82, 2.24) is 10.6 Å². The summed E-state index contributed by atoms with van der Waals surface area (Å²) in [5.41, 5.74) is 5.27. The van der Waals surface area contributed by atoms with Gasteiger partial charge in [0.05, 0.1) is 5.54 Å². The second kappa shape index (κ2) is 8.70. The van der Waals surface area contributed by atoms with Gasteiger partial charge in [0.2, 0.25) is 0 Å². The number of urea groups is 1. The van der Waals surface area contributed by atoms with Crippen LogP contribution in [-0.2, 0) is 18.4 Å². The van der Waals surface area contributed by atoms with Crippen LogP contribution in [-0.4, -0.2) is 12.6 Å². The monoisotopic (exact) mass is 350 g/mol. The number of allylic oxidation sites excluding steroid dienone is 1. The third kappa shape index (κ3) is 5.48. The van der Waals surface area contributed by atoms with E-state index < -0.39 is 5.54 Å². The maximum absolute atomic E-state index is 12.3. The van der Waals surface area contributed by atoms with E-state index >= 15 is 0 Å². The van der Waals surface area contributed by atoms with E-state index in [1.54, 1.807) is 0 Å². The Hall–Kier alpha value is -2.55. The van der Waals surface area contributed by atoms with Crippen molar-refractivity contribution in [2.75, 3.05) is 6.54 Å². The van der Waals surface area contributed by atoms with Crippen LogP contribution in [0.25, 0.3) is 5.57 Å². The Morgan fingerprint density at radius 2 is 1.73 bits per heavy atom. The first-order valence-electron chi connectivity index (χ1n) is 9.22. The number of carbonyl (C=O) groups excluding carboxylic acids is 1. The normalized spacial score (nSPS) is 11.1.